The van der Waals surface area contributed by atoms with Crippen LogP contribution in [0.1, 0.15) is 40.4 Å². The molecule has 2 N–H and O–H groups in total. The maximum Gasteiger partial charge on any atom is 0.271 e. The summed E-state index contributed by atoms with van der Waals surface area (Å²) in [6.45, 7) is 2.14. The van der Waals surface area contributed by atoms with Gasteiger partial charge in [-0.3, -0.25) is 9.59 Å². The van der Waals surface area contributed by atoms with Gasteiger partial charge in [-0.25, -0.2) is 0 Å². The van der Waals surface area contributed by atoms with E-state index in [4.69, 9.17) is 4.74 Å². The number of ether oxygens (including phenoxy) is 1. The number of aliphatic hydroxyl groups is 1. The zero-order valence-corrected chi connectivity index (χ0v) is 12.9. The lowest BCUT2D eigenvalue weighted by Gasteiger charge is -2.19. The Balaban J connectivity index is 2.71. The molecule has 0 aromatic carbocycles. The Bertz CT molecular complexity index is 584. The van der Waals surface area contributed by atoms with Crippen molar-refractivity contribution in [3.05, 3.63) is 27.7 Å². The highest BCUT2D eigenvalue weighted by atomic mass is 79.9. The molecule has 2 atom stereocenters. The van der Waals surface area contributed by atoms with Crippen molar-refractivity contribution in [2.75, 3.05) is 20.3 Å². The van der Waals surface area contributed by atoms with Crippen LogP contribution in [0.15, 0.2) is 10.9 Å². The molecule has 0 saturated heterocycles. The summed E-state index contributed by atoms with van der Waals surface area (Å²) in [5, 5.41) is 12.2. The molecule has 2 heterocycles. The van der Waals surface area contributed by atoms with E-state index in [2.05, 4.69) is 21.2 Å². The number of alkyl halides is 1. The number of halogens is 1. The number of hydrogen-bond acceptors (Lipinski definition) is 4. The van der Waals surface area contributed by atoms with Crippen LogP contribution in [-0.2, 0) is 0 Å². The largest absolute Gasteiger partial charge is 0.491 e. The van der Waals surface area contributed by atoms with Gasteiger partial charge in [0.25, 0.3) is 5.91 Å². The monoisotopic (exact) mass is 344 g/mol. The summed E-state index contributed by atoms with van der Waals surface area (Å²) in [7, 11) is 1.36. The van der Waals surface area contributed by atoms with Crippen molar-refractivity contribution in [3.8, 4) is 5.75 Å². The average Bonchev–Trinajstić information content (AvgIpc) is 2.74. The molecule has 0 fully saturated rings. The zero-order valence-electron chi connectivity index (χ0n) is 11.4. The molecule has 2 rings (SSSR count). The molecule has 7 heteroatoms. The summed E-state index contributed by atoms with van der Waals surface area (Å²) in [5.41, 5.74) is 0.539. The summed E-state index contributed by atoms with van der Waals surface area (Å²) in [6.07, 6.45) is 0.621. The van der Waals surface area contributed by atoms with Crippen molar-refractivity contribution in [1.82, 2.24) is 9.88 Å². The molecule has 1 amide bonds. The number of pyridine rings is 1. The maximum absolute atomic E-state index is 12.3. The molecule has 0 radical (unpaired) electrons. The molecule has 2 unspecified atom stereocenters. The van der Waals surface area contributed by atoms with Gasteiger partial charge in [-0.2, -0.15) is 0 Å². The minimum absolute atomic E-state index is 0.0137. The number of carbonyl (C=O) groups is 1. The molecule has 110 valence electrons. The summed E-state index contributed by atoms with van der Waals surface area (Å²) in [4.78, 5) is 24.3. The van der Waals surface area contributed by atoms with Crippen LogP contribution in [0, 0.1) is 0 Å². The van der Waals surface area contributed by atoms with Crippen molar-refractivity contribution in [1.29, 1.82) is 0 Å². The molecule has 1 aromatic rings. The van der Waals surface area contributed by atoms with Gasteiger partial charge in [-0.05, 0) is 13.3 Å². The van der Waals surface area contributed by atoms with Crippen molar-refractivity contribution < 1.29 is 14.6 Å². The van der Waals surface area contributed by atoms with Gasteiger partial charge in [0.2, 0.25) is 5.43 Å². The number of hydrogen-bond donors (Lipinski definition) is 2. The number of nitrogens with one attached hydrogen (secondary N) is 1. The number of rotatable bonds is 4. The highest BCUT2D eigenvalue weighted by molar-refractivity contribution is 9.09. The highest BCUT2D eigenvalue weighted by Crippen LogP contribution is 2.41. The average molecular weight is 345 g/mol. The van der Waals surface area contributed by atoms with Crippen LogP contribution < -0.4 is 15.5 Å². The Morgan fingerprint density at radius 2 is 2.35 bits per heavy atom. The third-order valence-corrected chi connectivity index (χ3v) is 4.21. The van der Waals surface area contributed by atoms with Crippen LogP contribution in [0.3, 0.4) is 0 Å². The van der Waals surface area contributed by atoms with Crippen LogP contribution in [0.4, 0.5) is 0 Å². The standard InChI is InChI=1S/C13H17BrN2O4/c1-3-15-13(19)11-12(20-2)10(18)5-9-8(14)4-7(6-17)16(9)11/h5,7-8,17H,3-4,6H2,1-2H3,(H,15,19). The molecule has 0 saturated carbocycles. The fourth-order valence-corrected chi connectivity index (χ4v) is 3.32. The second kappa shape index (κ2) is 5.97. The predicted octanol–water partition coefficient (Wildman–Crippen LogP) is 0.980. The first-order valence-electron chi connectivity index (χ1n) is 6.41. The summed E-state index contributed by atoms with van der Waals surface area (Å²) in [5.74, 6) is -0.358. The van der Waals surface area contributed by atoms with Crippen LogP contribution >= 0.6 is 15.9 Å². The first kappa shape index (κ1) is 15.1. The molecule has 0 bridgehead atoms. The highest BCUT2D eigenvalue weighted by Gasteiger charge is 2.34. The lowest BCUT2D eigenvalue weighted by Crippen LogP contribution is -2.31. The number of aliphatic hydroxyl groups excluding tert-OH is 1. The summed E-state index contributed by atoms with van der Waals surface area (Å²) >= 11 is 3.48. The van der Waals surface area contributed by atoms with Gasteiger partial charge in [0.05, 0.1) is 24.6 Å². The van der Waals surface area contributed by atoms with Crippen LogP contribution in [-0.4, -0.2) is 35.8 Å². The second-order valence-electron chi connectivity index (χ2n) is 4.58. The molecule has 0 aliphatic carbocycles. The van der Waals surface area contributed by atoms with E-state index >= 15 is 0 Å². The van der Waals surface area contributed by atoms with Crippen molar-refractivity contribution >= 4 is 21.8 Å². The lowest BCUT2D eigenvalue weighted by molar-refractivity contribution is 0.0937. The molecule has 6 nitrogen and oxygen atoms in total. The molecular weight excluding hydrogens is 328 g/mol. The Hall–Kier alpha value is -1.34. The Morgan fingerprint density at radius 1 is 1.65 bits per heavy atom. The SMILES string of the molecule is CCNC(=O)c1c(OC)c(=O)cc2n1C(CO)CC2Br. The van der Waals surface area contributed by atoms with Crippen LogP contribution in [0.2, 0.25) is 0 Å². The van der Waals surface area contributed by atoms with Gasteiger partial charge in [0, 0.05) is 18.3 Å². The maximum atomic E-state index is 12.3. The van der Waals surface area contributed by atoms with Gasteiger partial charge in [0.15, 0.2) is 11.4 Å². The predicted molar refractivity (Wildman–Crippen MR) is 77.7 cm³/mol. The van der Waals surface area contributed by atoms with Crippen molar-refractivity contribution in [3.63, 3.8) is 0 Å². The zero-order chi connectivity index (χ0) is 14.9. The lowest BCUT2D eigenvalue weighted by atomic mass is 10.2. The fraction of sp³-hybridized carbons (Fsp3) is 0.538. The van der Waals surface area contributed by atoms with Gasteiger partial charge in [-0.1, -0.05) is 15.9 Å². The van der Waals surface area contributed by atoms with E-state index in [1.165, 1.54) is 13.2 Å². The molecule has 0 spiro atoms. The number of fused-ring (bicyclic) bond motifs is 1. The number of methoxy groups -OCH3 is 1. The number of nitrogens with zero attached hydrogens (tertiary/aromatic N) is 1. The van der Waals surface area contributed by atoms with E-state index in [9.17, 15) is 14.7 Å². The smallest absolute Gasteiger partial charge is 0.271 e. The first-order valence-corrected chi connectivity index (χ1v) is 7.33. The van der Waals surface area contributed by atoms with Crippen molar-refractivity contribution in [2.24, 2.45) is 0 Å². The van der Waals surface area contributed by atoms with E-state index in [1.807, 2.05) is 0 Å². The molecule has 1 aromatic heterocycles. The molecular formula is C13H17BrN2O4. The minimum Gasteiger partial charge on any atom is -0.491 e. The van der Waals surface area contributed by atoms with E-state index in [0.29, 0.717) is 18.7 Å². The van der Waals surface area contributed by atoms with E-state index < -0.39 is 0 Å². The normalized spacial score (nSPS) is 20.6. The topological polar surface area (TPSA) is 80.6 Å². The number of aromatic nitrogens is 1. The van der Waals surface area contributed by atoms with Gasteiger partial charge >= 0.3 is 0 Å². The van der Waals surface area contributed by atoms with Gasteiger partial charge < -0.3 is 19.7 Å². The molecule has 1 aliphatic rings. The Labute approximate surface area is 124 Å². The number of carbonyl (C=O) groups excluding carboxylic acids is 1. The minimum atomic E-state index is -0.372. The quantitative estimate of drug-likeness (QED) is 0.798. The van der Waals surface area contributed by atoms with Gasteiger partial charge in [-0.15, -0.1) is 0 Å². The molecule has 1 aliphatic heterocycles. The Kier molecular flexibility index (Phi) is 4.49. The van der Waals surface area contributed by atoms with Gasteiger partial charge in [0.1, 0.15) is 0 Å². The third-order valence-electron chi connectivity index (χ3n) is 3.37. The fourth-order valence-electron chi connectivity index (χ4n) is 2.53. The second-order valence-corrected chi connectivity index (χ2v) is 5.69. The van der Waals surface area contributed by atoms with E-state index in [0.717, 1.165) is 0 Å². The van der Waals surface area contributed by atoms with Crippen molar-refractivity contribution in [2.45, 2.75) is 24.2 Å². The third kappa shape index (κ3) is 2.35. The van der Waals surface area contributed by atoms with Crippen LogP contribution in [0.25, 0.3) is 0 Å². The first-order chi connectivity index (χ1) is 9.54. The van der Waals surface area contributed by atoms with E-state index in [-0.39, 0.29) is 40.3 Å². The van der Waals surface area contributed by atoms with Crippen LogP contribution in [0.5, 0.6) is 5.75 Å². The Morgan fingerprint density at radius 3 is 2.90 bits per heavy atom. The summed E-state index contributed by atoms with van der Waals surface area (Å²) < 4.78 is 6.80. The number of amides is 1. The van der Waals surface area contributed by atoms with E-state index in [1.54, 1.807) is 11.5 Å². The summed E-state index contributed by atoms with van der Waals surface area (Å²) in [6, 6.07) is 1.21. The molecule has 20 heavy (non-hydrogen) atoms.